The molecule has 0 saturated heterocycles. The second-order valence-electron chi connectivity index (χ2n) is 9.96. The number of nitrogens with one attached hydrogen (secondary N) is 1. The summed E-state index contributed by atoms with van der Waals surface area (Å²) in [5.74, 6) is 0.197. The molecule has 0 radical (unpaired) electrons. The highest BCUT2D eigenvalue weighted by Gasteiger charge is 2.42. The minimum Gasteiger partial charge on any atom is -0.494 e. The second kappa shape index (κ2) is 11.7. The van der Waals surface area contributed by atoms with E-state index in [0.717, 1.165) is 76.8 Å². The van der Waals surface area contributed by atoms with Crippen LogP contribution in [0.5, 0.6) is 5.75 Å². The number of benzene rings is 2. The number of fused-ring (bicyclic) bond motifs is 2. The molecule has 2 N–H and O–H groups in total. The number of rotatable bonds is 12. The fourth-order valence-electron chi connectivity index (χ4n) is 5.69. The van der Waals surface area contributed by atoms with E-state index in [1.165, 1.54) is 36.0 Å². The predicted octanol–water partition coefficient (Wildman–Crippen LogP) is 5.92. The number of carboxylic acids is 1. The van der Waals surface area contributed by atoms with Gasteiger partial charge in [0.1, 0.15) is 5.75 Å². The normalized spacial score (nSPS) is 21.8. The number of ether oxygens (including phenoxy) is 1. The number of hydrogen-bond acceptors (Lipinski definition) is 3. The van der Waals surface area contributed by atoms with Crippen molar-refractivity contribution in [3.8, 4) is 5.75 Å². The molecule has 0 bridgehead atoms. The third-order valence-electron chi connectivity index (χ3n) is 7.75. The first-order chi connectivity index (χ1) is 16.2. The molecule has 0 atom stereocenters. The molecule has 178 valence electrons. The van der Waals surface area contributed by atoms with E-state index in [0.29, 0.717) is 0 Å². The minimum atomic E-state index is -0.623. The molecule has 0 amide bonds. The van der Waals surface area contributed by atoms with E-state index in [1.807, 2.05) is 0 Å². The van der Waals surface area contributed by atoms with Crippen LogP contribution in [0.25, 0.3) is 0 Å². The number of hydrogen-bond donors (Lipinski definition) is 2. The maximum atomic E-state index is 11.3. The Morgan fingerprint density at radius 3 is 2.48 bits per heavy atom. The van der Waals surface area contributed by atoms with Crippen LogP contribution >= 0.6 is 0 Å². The Balaban J connectivity index is 1.11. The Hall–Kier alpha value is -2.33. The fourth-order valence-corrected chi connectivity index (χ4v) is 5.69. The Morgan fingerprint density at radius 2 is 1.73 bits per heavy atom. The van der Waals surface area contributed by atoms with Gasteiger partial charge >= 0.3 is 5.97 Å². The molecule has 2 aromatic carbocycles. The lowest BCUT2D eigenvalue weighted by Crippen LogP contribution is -2.32. The molecule has 0 aliphatic heterocycles. The van der Waals surface area contributed by atoms with E-state index in [2.05, 4.69) is 53.8 Å². The van der Waals surface area contributed by atoms with Gasteiger partial charge in [0.2, 0.25) is 0 Å². The summed E-state index contributed by atoms with van der Waals surface area (Å²) >= 11 is 0. The lowest BCUT2D eigenvalue weighted by molar-refractivity contribution is -0.143. The summed E-state index contributed by atoms with van der Waals surface area (Å²) in [6, 6.07) is 17.3. The van der Waals surface area contributed by atoms with Gasteiger partial charge in [-0.2, -0.15) is 0 Å². The van der Waals surface area contributed by atoms with Crippen LogP contribution in [-0.4, -0.2) is 30.8 Å². The summed E-state index contributed by atoms with van der Waals surface area (Å²) in [5, 5.41) is 12.9. The van der Waals surface area contributed by atoms with Crippen molar-refractivity contribution in [2.24, 2.45) is 5.92 Å². The van der Waals surface area contributed by atoms with E-state index >= 15 is 0 Å². The smallest absolute Gasteiger partial charge is 0.306 e. The zero-order valence-corrected chi connectivity index (χ0v) is 19.9. The summed E-state index contributed by atoms with van der Waals surface area (Å²) in [5.41, 5.74) is 4.49. The average Bonchev–Trinajstić information content (AvgIpc) is 3.18. The van der Waals surface area contributed by atoms with Gasteiger partial charge in [-0.15, -0.1) is 0 Å². The molecule has 4 heteroatoms. The highest BCUT2D eigenvalue weighted by atomic mass is 16.5. The monoisotopic (exact) mass is 449 g/mol. The number of carbonyl (C=O) groups is 1. The van der Waals surface area contributed by atoms with Gasteiger partial charge in [-0.25, -0.2) is 0 Å². The van der Waals surface area contributed by atoms with Crippen LogP contribution in [0.2, 0.25) is 0 Å². The van der Waals surface area contributed by atoms with Crippen LogP contribution in [0.4, 0.5) is 0 Å². The van der Waals surface area contributed by atoms with Crippen molar-refractivity contribution in [1.29, 1.82) is 0 Å². The third kappa shape index (κ3) is 6.38. The quantitative estimate of drug-likeness (QED) is 0.395. The molecule has 2 aliphatic carbocycles. The molecule has 4 nitrogen and oxygen atoms in total. The van der Waals surface area contributed by atoms with Gasteiger partial charge in [0, 0.05) is 0 Å². The molecule has 0 aromatic heterocycles. The molecular weight excluding hydrogens is 410 g/mol. The van der Waals surface area contributed by atoms with Gasteiger partial charge in [-0.3, -0.25) is 4.79 Å². The lowest BCUT2D eigenvalue weighted by Gasteiger charge is -2.37. The second-order valence-corrected chi connectivity index (χ2v) is 9.96. The maximum Gasteiger partial charge on any atom is 0.306 e. The van der Waals surface area contributed by atoms with Gasteiger partial charge in [-0.1, -0.05) is 36.4 Å². The summed E-state index contributed by atoms with van der Waals surface area (Å²) in [6.45, 7) is 2.89. The molecule has 2 aromatic rings. The fraction of sp³-hybridized carbons (Fsp3) is 0.552. The zero-order chi connectivity index (χ0) is 22.9. The van der Waals surface area contributed by atoms with Crippen molar-refractivity contribution in [2.75, 3.05) is 19.7 Å². The molecule has 1 saturated carbocycles. The maximum absolute atomic E-state index is 11.3. The van der Waals surface area contributed by atoms with E-state index in [9.17, 15) is 9.90 Å². The van der Waals surface area contributed by atoms with Crippen LogP contribution in [0.3, 0.4) is 0 Å². The van der Waals surface area contributed by atoms with E-state index in [4.69, 9.17) is 4.74 Å². The molecule has 0 unspecified atom stereocenters. The van der Waals surface area contributed by atoms with Gasteiger partial charge in [0.05, 0.1) is 12.5 Å². The molecule has 33 heavy (non-hydrogen) atoms. The molecular formula is C29H39NO3. The molecule has 2 aliphatic rings. The van der Waals surface area contributed by atoms with Crippen LogP contribution in [0.1, 0.15) is 74.5 Å². The van der Waals surface area contributed by atoms with Gasteiger partial charge in [0.15, 0.2) is 0 Å². The SMILES string of the molecule is O=C(O)C1CCC2(CCc3ccc(OCCCCNCCCCc4ccccc4)cc32)CC1. The van der Waals surface area contributed by atoms with E-state index < -0.39 is 5.97 Å². The van der Waals surface area contributed by atoms with Crippen molar-refractivity contribution < 1.29 is 14.6 Å². The Morgan fingerprint density at radius 1 is 0.970 bits per heavy atom. The van der Waals surface area contributed by atoms with Gasteiger partial charge < -0.3 is 15.2 Å². The van der Waals surface area contributed by atoms with Crippen LogP contribution in [-0.2, 0) is 23.1 Å². The number of aryl methyl sites for hydroxylation is 2. The minimum absolute atomic E-state index is 0.156. The molecule has 1 fully saturated rings. The number of unbranched alkanes of at least 4 members (excludes halogenated alkanes) is 2. The van der Waals surface area contributed by atoms with E-state index in [-0.39, 0.29) is 11.3 Å². The molecule has 4 rings (SSSR count). The number of aliphatic carboxylic acids is 1. The first-order valence-electron chi connectivity index (χ1n) is 12.9. The third-order valence-corrected chi connectivity index (χ3v) is 7.75. The highest BCUT2D eigenvalue weighted by Crippen LogP contribution is 2.50. The Bertz CT molecular complexity index is 887. The van der Waals surface area contributed by atoms with Crippen molar-refractivity contribution in [3.63, 3.8) is 0 Å². The van der Waals surface area contributed by atoms with E-state index in [1.54, 1.807) is 0 Å². The first kappa shape index (κ1) is 23.8. The Kier molecular flexibility index (Phi) is 8.44. The van der Waals surface area contributed by atoms with Crippen molar-refractivity contribution in [2.45, 2.75) is 76.0 Å². The molecule has 0 heterocycles. The predicted molar refractivity (Wildman–Crippen MR) is 133 cm³/mol. The van der Waals surface area contributed by atoms with Crippen molar-refractivity contribution >= 4 is 5.97 Å². The lowest BCUT2D eigenvalue weighted by atomic mass is 9.67. The summed E-state index contributed by atoms with van der Waals surface area (Å²) in [7, 11) is 0. The van der Waals surface area contributed by atoms with Crippen LogP contribution < -0.4 is 10.1 Å². The van der Waals surface area contributed by atoms with Crippen molar-refractivity contribution in [1.82, 2.24) is 5.32 Å². The molecule has 1 spiro atoms. The number of carboxylic acid groups (broad SMARTS) is 1. The topological polar surface area (TPSA) is 58.6 Å². The van der Waals surface area contributed by atoms with Crippen LogP contribution in [0, 0.1) is 5.92 Å². The van der Waals surface area contributed by atoms with Crippen molar-refractivity contribution in [3.05, 3.63) is 65.2 Å². The Labute approximate surface area is 198 Å². The highest BCUT2D eigenvalue weighted by molar-refractivity contribution is 5.70. The average molecular weight is 450 g/mol. The van der Waals surface area contributed by atoms with Gasteiger partial charge in [-0.05, 0) is 118 Å². The van der Waals surface area contributed by atoms with Gasteiger partial charge in [0.25, 0.3) is 0 Å². The largest absolute Gasteiger partial charge is 0.494 e. The van der Waals surface area contributed by atoms with Crippen LogP contribution in [0.15, 0.2) is 48.5 Å². The first-order valence-corrected chi connectivity index (χ1v) is 12.9. The summed E-state index contributed by atoms with van der Waals surface area (Å²) in [6.07, 6.45) is 11.7. The summed E-state index contributed by atoms with van der Waals surface area (Å²) < 4.78 is 6.10. The zero-order valence-electron chi connectivity index (χ0n) is 19.9. The standard InChI is InChI=1S/C29H39NO3/c31-28(32)25-14-17-29(18-15-25)16-13-24-11-12-26(22-27(24)29)33-21-7-6-20-30-19-5-4-10-23-8-2-1-3-9-23/h1-3,8-9,11-12,22,25,30H,4-7,10,13-21H2,(H,31,32). The summed E-state index contributed by atoms with van der Waals surface area (Å²) in [4.78, 5) is 11.3.